The van der Waals surface area contributed by atoms with Crippen LogP contribution in [0.5, 0.6) is 0 Å². The fraction of sp³-hybridized carbons (Fsp3) is 0.125. The lowest BCUT2D eigenvalue weighted by molar-refractivity contribution is 0.102. The fourth-order valence-corrected chi connectivity index (χ4v) is 1.60. The van der Waals surface area contributed by atoms with Gasteiger partial charge < -0.3 is 11.1 Å². The molecule has 2 rings (SSSR count). The Hall–Kier alpha value is -1.89. The van der Waals surface area contributed by atoms with Gasteiger partial charge in [0.25, 0.3) is 5.91 Å². The Morgan fingerprint density at radius 1 is 1.67 bits per heavy atom. The Kier molecular flexibility index (Phi) is 2.38. The van der Waals surface area contributed by atoms with Crippen molar-refractivity contribution in [3.8, 4) is 0 Å². The van der Waals surface area contributed by atoms with Crippen LogP contribution in [0.4, 0.5) is 10.9 Å². The van der Waals surface area contributed by atoms with E-state index in [0.29, 0.717) is 16.6 Å². The smallest absolute Gasteiger partial charge is 0.276 e. The third kappa shape index (κ3) is 2.13. The first kappa shape index (κ1) is 9.66. The first-order valence-corrected chi connectivity index (χ1v) is 5.07. The SMILES string of the molecule is Cc1cc(NC(=O)c2csc(N)n2)n[nH]1. The summed E-state index contributed by atoms with van der Waals surface area (Å²) in [5.41, 5.74) is 6.60. The molecule has 6 nitrogen and oxygen atoms in total. The Labute approximate surface area is 89.5 Å². The topological polar surface area (TPSA) is 96.7 Å². The molecule has 0 aliphatic heterocycles. The predicted molar refractivity (Wildman–Crippen MR) is 57.8 cm³/mol. The van der Waals surface area contributed by atoms with E-state index in [2.05, 4.69) is 20.5 Å². The quantitative estimate of drug-likeness (QED) is 0.707. The number of carbonyl (C=O) groups excluding carboxylic acids is 1. The van der Waals surface area contributed by atoms with E-state index in [9.17, 15) is 4.79 Å². The molecule has 7 heteroatoms. The maximum Gasteiger partial charge on any atom is 0.276 e. The summed E-state index contributed by atoms with van der Waals surface area (Å²) < 4.78 is 0. The fourth-order valence-electron chi connectivity index (χ4n) is 1.05. The van der Waals surface area contributed by atoms with Crippen molar-refractivity contribution in [1.82, 2.24) is 15.2 Å². The second kappa shape index (κ2) is 3.70. The highest BCUT2D eigenvalue weighted by Crippen LogP contribution is 2.12. The van der Waals surface area contributed by atoms with Crippen molar-refractivity contribution in [3.63, 3.8) is 0 Å². The number of aromatic amines is 1. The molecule has 0 aromatic carbocycles. The number of anilines is 2. The standard InChI is InChI=1S/C8H9N5OS/c1-4-2-6(13-12-4)11-7(14)5-3-15-8(9)10-5/h2-3H,1H3,(H2,9,10)(H2,11,12,13,14). The molecular weight excluding hydrogens is 214 g/mol. The van der Waals surface area contributed by atoms with Gasteiger partial charge >= 0.3 is 0 Å². The van der Waals surface area contributed by atoms with E-state index in [0.717, 1.165) is 5.69 Å². The van der Waals surface area contributed by atoms with E-state index < -0.39 is 0 Å². The number of thiazole rings is 1. The van der Waals surface area contributed by atoms with E-state index in [4.69, 9.17) is 5.73 Å². The van der Waals surface area contributed by atoms with Crippen LogP contribution in [-0.4, -0.2) is 21.1 Å². The largest absolute Gasteiger partial charge is 0.375 e. The van der Waals surface area contributed by atoms with Crippen molar-refractivity contribution < 1.29 is 4.79 Å². The highest BCUT2D eigenvalue weighted by molar-refractivity contribution is 7.13. The number of carbonyl (C=O) groups is 1. The molecule has 2 heterocycles. The van der Waals surface area contributed by atoms with E-state index >= 15 is 0 Å². The number of rotatable bonds is 2. The monoisotopic (exact) mass is 223 g/mol. The average molecular weight is 223 g/mol. The second-order valence-electron chi connectivity index (χ2n) is 2.96. The third-order valence-electron chi connectivity index (χ3n) is 1.70. The summed E-state index contributed by atoms with van der Waals surface area (Å²) in [6.07, 6.45) is 0. The first-order valence-electron chi connectivity index (χ1n) is 4.19. The van der Waals surface area contributed by atoms with Crippen LogP contribution >= 0.6 is 11.3 Å². The van der Waals surface area contributed by atoms with Gasteiger partial charge in [0.2, 0.25) is 0 Å². The molecule has 0 saturated heterocycles. The maximum absolute atomic E-state index is 11.6. The van der Waals surface area contributed by atoms with E-state index in [1.54, 1.807) is 11.4 Å². The zero-order valence-electron chi connectivity index (χ0n) is 7.94. The van der Waals surface area contributed by atoms with Crippen LogP contribution in [0.15, 0.2) is 11.4 Å². The molecule has 0 radical (unpaired) electrons. The zero-order chi connectivity index (χ0) is 10.8. The number of hydrogen-bond acceptors (Lipinski definition) is 5. The minimum atomic E-state index is -0.311. The van der Waals surface area contributed by atoms with Gasteiger partial charge in [0.15, 0.2) is 10.9 Å². The van der Waals surface area contributed by atoms with Crippen LogP contribution < -0.4 is 11.1 Å². The predicted octanol–water partition coefficient (Wildman–Crippen LogP) is 1.01. The number of aromatic nitrogens is 3. The minimum Gasteiger partial charge on any atom is -0.375 e. The van der Waals surface area contributed by atoms with Gasteiger partial charge in [-0.25, -0.2) is 4.98 Å². The number of H-pyrrole nitrogens is 1. The minimum absolute atomic E-state index is 0.304. The number of nitrogens with two attached hydrogens (primary N) is 1. The van der Waals surface area contributed by atoms with Gasteiger partial charge in [-0.3, -0.25) is 9.89 Å². The van der Waals surface area contributed by atoms with Crippen LogP contribution in [-0.2, 0) is 0 Å². The van der Waals surface area contributed by atoms with Crippen molar-refractivity contribution in [2.45, 2.75) is 6.92 Å². The molecule has 0 aliphatic carbocycles. The average Bonchev–Trinajstić information content (AvgIpc) is 2.75. The van der Waals surface area contributed by atoms with Crippen molar-refractivity contribution in [2.75, 3.05) is 11.1 Å². The lowest BCUT2D eigenvalue weighted by Gasteiger charge is -1.96. The number of hydrogen-bond donors (Lipinski definition) is 3. The number of nitrogens with zero attached hydrogens (tertiary/aromatic N) is 2. The molecule has 0 bridgehead atoms. The van der Waals surface area contributed by atoms with E-state index in [1.165, 1.54) is 11.3 Å². The zero-order valence-corrected chi connectivity index (χ0v) is 8.76. The highest BCUT2D eigenvalue weighted by Gasteiger charge is 2.10. The molecule has 0 unspecified atom stereocenters. The number of nitrogen functional groups attached to an aromatic ring is 1. The van der Waals surface area contributed by atoms with Gasteiger partial charge in [-0.2, -0.15) is 5.10 Å². The summed E-state index contributed by atoms with van der Waals surface area (Å²) in [7, 11) is 0. The Balaban J connectivity index is 2.10. The molecule has 0 aliphatic rings. The molecule has 0 atom stereocenters. The number of amides is 1. The van der Waals surface area contributed by atoms with Crippen molar-refractivity contribution in [2.24, 2.45) is 0 Å². The van der Waals surface area contributed by atoms with Gasteiger partial charge in [-0.1, -0.05) is 0 Å². The van der Waals surface area contributed by atoms with E-state index in [-0.39, 0.29) is 5.91 Å². The number of aryl methyl sites for hydroxylation is 1. The Bertz CT molecular complexity index is 489. The summed E-state index contributed by atoms with van der Waals surface area (Å²) in [5.74, 6) is 0.165. The molecule has 4 N–H and O–H groups in total. The summed E-state index contributed by atoms with van der Waals surface area (Å²) in [5, 5.41) is 11.2. The summed E-state index contributed by atoms with van der Waals surface area (Å²) in [4.78, 5) is 15.4. The molecule has 15 heavy (non-hydrogen) atoms. The number of nitrogens with one attached hydrogen (secondary N) is 2. The summed E-state index contributed by atoms with van der Waals surface area (Å²) in [6.45, 7) is 1.85. The molecule has 78 valence electrons. The molecule has 0 spiro atoms. The van der Waals surface area contributed by atoms with Gasteiger partial charge in [0.1, 0.15) is 5.69 Å². The van der Waals surface area contributed by atoms with E-state index in [1.807, 2.05) is 6.92 Å². The van der Waals surface area contributed by atoms with Gasteiger partial charge in [0, 0.05) is 17.1 Å². The van der Waals surface area contributed by atoms with Gasteiger partial charge in [0.05, 0.1) is 0 Å². The molecule has 0 fully saturated rings. The van der Waals surface area contributed by atoms with Crippen LogP contribution in [0.25, 0.3) is 0 Å². The van der Waals surface area contributed by atoms with Gasteiger partial charge in [-0.15, -0.1) is 11.3 Å². The van der Waals surface area contributed by atoms with Gasteiger partial charge in [-0.05, 0) is 6.92 Å². The molecular formula is C8H9N5OS. The third-order valence-corrected chi connectivity index (χ3v) is 2.38. The molecule has 2 aromatic heterocycles. The Morgan fingerprint density at radius 3 is 3.00 bits per heavy atom. The second-order valence-corrected chi connectivity index (χ2v) is 3.85. The van der Waals surface area contributed by atoms with Crippen molar-refractivity contribution in [1.29, 1.82) is 0 Å². The Morgan fingerprint density at radius 2 is 2.47 bits per heavy atom. The van der Waals surface area contributed by atoms with Crippen LogP contribution in [0.1, 0.15) is 16.2 Å². The normalized spacial score (nSPS) is 10.2. The summed E-state index contributed by atoms with van der Waals surface area (Å²) >= 11 is 1.23. The lowest BCUT2D eigenvalue weighted by Crippen LogP contribution is -2.12. The molecule has 1 amide bonds. The van der Waals surface area contributed by atoms with Crippen molar-refractivity contribution >= 4 is 28.2 Å². The lowest BCUT2D eigenvalue weighted by atomic mass is 10.4. The highest BCUT2D eigenvalue weighted by atomic mass is 32.1. The van der Waals surface area contributed by atoms with Crippen LogP contribution in [0, 0.1) is 6.92 Å². The molecule has 0 saturated carbocycles. The first-order chi connectivity index (χ1) is 7.15. The van der Waals surface area contributed by atoms with Crippen LogP contribution in [0.3, 0.4) is 0 Å². The van der Waals surface area contributed by atoms with Crippen molar-refractivity contribution in [3.05, 3.63) is 22.8 Å². The summed E-state index contributed by atoms with van der Waals surface area (Å²) in [6, 6.07) is 1.73. The molecule has 2 aromatic rings. The maximum atomic E-state index is 11.6. The van der Waals surface area contributed by atoms with Crippen LogP contribution in [0.2, 0.25) is 0 Å².